The molecule has 164 valence electrons. The van der Waals surface area contributed by atoms with Crippen molar-refractivity contribution in [2.45, 2.75) is 26.7 Å². The molecule has 3 aromatic carbocycles. The fraction of sp³-hybridized carbons (Fsp3) is 0.192. The van der Waals surface area contributed by atoms with Crippen molar-refractivity contribution in [3.05, 3.63) is 95.1 Å². The number of nitrogens with zero attached hydrogens (tertiary/aromatic N) is 1. The van der Waals surface area contributed by atoms with Crippen LogP contribution >= 0.6 is 0 Å². The van der Waals surface area contributed by atoms with Crippen LogP contribution in [0.4, 0.5) is 0 Å². The number of hydrogen-bond donors (Lipinski definition) is 1. The summed E-state index contributed by atoms with van der Waals surface area (Å²) in [6.45, 7) is 6.01. The summed E-state index contributed by atoms with van der Waals surface area (Å²) in [5, 5.41) is 3.95. The van der Waals surface area contributed by atoms with Gasteiger partial charge >= 0.3 is 5.97 Å². The Balaban J connectivity index is 1.49. The normalized spacial score (nSPS) is 10.9. The van der Waals surface area contributed by atoms with Crippen molar-refractivity contribution < 1.29 is 19.1 Å². The van der Waals surface area contributed by atoms with Gasteiger partial charge in [0.15, 0.2) is 6.61 Å². The van der Waals surface area contributed by atoms with Crippen molar-refractivity contribution in [3.63, 3.8) is 0 Å². The van der Waals surface area contributed by atoms with Crippen molar-refractivity contribution in [2.75, 3.05) is 6.61 Å². The molecule has 0 bridgehead atoms. The van der Waals surface area contributed by atoms with Crippen molar-refractivity contribution in [1.29, 1.82) is 0 Å². The minimum Gasteiger partial charge on any atom is -0.483 e. The third-order valence-corrected chi connectivity index (χ3v) is 4.65. The summed E-state index contributed by atoms with van der Waals surface area (Å²) in [6, 6.07) is 21.6. The number of hydrazone groups is 1. The molecular formula is C26H26N2O4. The highest BCUT2D eigenvalue weighted by Gasteiger charge is 2.10. The van der Waals surface area contributed by atoms with Crippen LogP contribution in [0.25, 0.3) is 0 Å². The van der Waals surface area contributed by atoms with E-state index in [1.807, 2.05) is 31.2 Å². The number of aryl methyl sites for hydroxylation is 1. The Morgan fingerprint density at radius 3 is 2.41 bits per heavy atom. The second-order valence-electron chi connectivity index (χ2n) is 7.60. The topological polar surface area (TPSA) is 77.0 Å². The van der Waals surface area contributed by atoms with E-state index in [2.05, 4.69) is 24.4 Å². The smallest absolute Gasteiger partial charge is 0.343 e. The maximum atomic E-state index is 12.1. The van der Waals surface area contributed by atoms with Crippen molar-refractivity contribution in [1.82, 2.24) is 5.43 Å². The molecule has 0 aliphatic rings. The summed E-state index contributed by atoms with van der Waals surface area (Å²) in [4.78, 5) is 24.2. The summed E-state index contributed by atoms with van der Waals surface area (Å²) in [6.07, 6.45) is 1.51. The Labute approximate surface area is 187 Å². The maximum absolute atomic E-state index is 12.1. The molecular weight excluding hydrogens is 404 g/mol. The third kappa shape index (κ3) is 6.54. The summed E-state index contributed by atoms with van der Waals surface area (Å²) in [7, 11) is 0. The van der Waals surface area contributed by atoms with E-state index in [0.29, 0.717) is 23.0 Å². The lowest BCUT2D eigenvalue weighted by atomic mass is 10.0. The first kappa shape index (κ1) is 22.7. The number of rotatable bonds is 8. The molecule has 0 saturated heterocycles. The van der Waals surface area contributed by atoms with Crippen molar-refractivity contribution in [3.8, 4) is 11.5 Å². The minimum atomic E-state index is -0.423. The summed E-state index contributed by atoms with van der Waals surface area (Å²) in [5.41, 5.74) is 5.80. The molecule has 0 aromatic heterocycles. The van der Waals surface area contributed by atoms with Gasteiger partial charge in [-0.2, -0.15) is 5.10 Å². The number of carbonyl (C=O) groups is 2. The SMILES string of the molecule is Cc1ccc(C(C)C)c(OCC(=O)N/N=C/c2ccc(OC(=O)c3ccccc3)cc2)c1. The van der Waals surface area contributed by atoms with E-state index >= 15 is 0 Å². The van der Waals surface area contributed by atoms with E-state index in [1.54, 1.807) is 48.5 Å². The lowest BCUT2D eigenvalue weighted by molar-refractivity contribution is -0.123. The fourth-order valence-corrected chi connectivity index (χ4v) is 2.96. The molecule has 1 amide bonds. The largest absolute Gasteiger partial charge is 0.483 e. The van der Waals surface area contributed by atoms with Crippen LogP contribution in [0.5, 0.6) is 11.5 Å². The number of esters is 1. The fourth-order valence-electron chi connectivity index (χ4n) is 2.96. The highest BCUT2D eigenvalue weighted by Crippen LogP contribution is 2.27. The first-order valence-corrected chi connectivity index (χ1v) is 10.3. The van der Waals surface area contributed by atoms with Gasteiger partial charge in [0.05, 0.1) is 11.8 Å². The number of hydrogen-bond acceptors (Lipinski definition) is 5. The van der Waals surface area contributed by atoms with E-state index in [0.717, 1.165) is 16.7 Å². The van der Waals surface area contributed by atoms with Gasteiger partial charge in [-0.15, -0.1) is 0 Å². The number of carbonyl (C=O) groups excluding carboxylic acids is 2. The van der Waals surface area contributed by atoms with E-state index in [1.165, 1.54) is 6.21 Å². The van der Waals surface area contributed by atoms with E-state index in [4.69, 9.17) is 9.47 Å². The first-order valence-electron chi connectivity index (χ1n) is 10.3. The van der Waals surface area contributed by atoms with E-state index < -0.39 is 5.97 Å². The zero-order valence-corrected chi connectivity index (χ0v) is 18.4. The summed E-state index contributed by atoms with van der Waals surface area (Å²) >= 11 is 0. The quantitative estimate of drug-likeness (QED) is 0.239. The number of ether oxygens (including phenoxy) is 2. The van der Waals surface area contributed by atoms with Gasteiger partial charge < -0.3 is 9.47 Å². The van der Waals surface area contributed by atoms with E-state index in [-0.39, 0.29) is 12.5 Å². The number of nitrogens with one attached hydrogen (secondary N) is 1. The average molecular weight is 431 g/mol. The predicted octanol–water partition coefficient (Wildman–Crippen LogP) is 4.87. The monoisotopic (exact) mass is 430 g/mol. The summed E-state index contributed by atoms with van der Waals surface area (Å²) in [5.74, 6) is 0.647. The Morgan fingerprint density at radius 1 is 1.00 bits per heavy atom. The standard InChI is InChI=1S/C26H26N2O4/c1-18(2)23-14-9-19(3)15-24(23)31-17-25(29)28-27-16-20-10-12-22(13-11-20)32-26(30)21-7-5-4-6-8-21/h4-16,18H,17H2,1-3H3,(H,28,29)/b27-16+. The molecule has 0 fully saturated rings. The van der Waals surface area contributed by atoms with Gasteiger partial charge in [0, 0.05) is 0 Å². The van der Waals surface area contributed by atoms with Gasteiger partial charge in [0.1, 0.15) is 11.5 Å². The van der Waals surface area contributed by atoms with E-state index in [9.17, 15) is 9.59 Å². The highest BCUT2D eigenvalue weighted by atomic mass is 16.5. The van der Waals surface area contributed by atoms with Crippen LogP contribution in [0.15, 0.2) is 77.9 Å². The molecule has 6 heteroatoms. The predicted molar refractivity (Wildman–Crippen MR) is 124 cm³/mol. The molecule has 3 aromatic rings. The molecule has 0 aliphatic carbocycles. The highest BCUT2D eigenvalue weighted by molar-refractivity contribution is 5.91. The van der Waals surface area contributed by atoms with Gasteiger partial charge in [-0.1, -0.05) is 44.2 Å². The zero-order valence-electron chi connectivity index (χ0n) is 18.4. The molecule has 0 unspecified atom stereocenters. The molecule has 3 rings (SSSR count). The molecule has 0 spiro atoms. The van der Waals surface area contributed by atoms with Crippen molar-refractivity contribution in [2.24, 2.45) is 5.10 Å². The summed E-state index contributed by atoms with van der Waals surface area (Å²) < 4.78 is 11.0. The molecule has 6 nitrogen and oxygen atoms in total. The van der Waals surface area contributed by atoms with Crippen LogP contribution in [0.3, 0.4) is 0 Å². The van der Waals surface area contributed by atoms with Crippen molar-refractivity contribution >= 4 is 18.1 Å². The van der Waals surface area contributed by atoms with Crippen LogP contribution in [-0.4, -0.2) is 24.7 Å². The van der Waals surface area contributed by atoms with Crippen LogP contribution in [0.1, 0.15) is 46.8 Å². The Bertz CT molecular complexity index is 1090. The first-order chi connectivity index (χ1) is 15.4. The molecule has 32 heavy (non-hydrogen) atoms. The molecule has 0 aliphatic heterocycles. The Hall–Kier alpha value is -3.93. The second kappa shape index (κ2) is 10.9. The lowest BCUT2D eigenvalue weighted by Gasteiger charge is -2.14. The number of benzene rings is 3. The Kier molecular flexibility index (Phi) is 7.75. The third-order valence-electron chi connectivity index (χ3n) is 4.65. The van der Waals surface area contributed by atoms with Gasteiger partial charge in [0.25, 0.3) is 5.91 Å². The minimum absolute atomic E-state index is 0.130. The zero-order chi connectivity index (χ0) is 22.9. The molecule has 0 radical (unpaired) electrons. The molecule has 1 N–H and O–H groups in total. The maximum Gasteiger partial charge on any atom is 0.343 e. The molecule has 0 atom stereocenters. The Morgan fingerprint density at radius 2 is 1.72 bits per heavy atom. The average Bonchev–Trinajstić information content (AvgIpc) is 2.79. The molecule has 0 saturated carbocycles. The van der Waals surface area contributed by atoms with Gasteiger partial charge in [-0.25, -0.2) is 10.2 Å². The second-order valence-corrected chi connectivity index (χ2v) is 7.60. The van der Waals surface area contributed by atoms with Crippen LogP contribution < -0.4 is 14.9 Å². The van der Waals surface area contributed by atoms with Gasteiger partial charge in [-0.3, -0.25) is 4.79 Å². The van der Waals surface area contributed by atoms with Crippen LogP contribution in [0, 0.1) is 6.92 Å². The lowest BCUT2D eigenvalue weighted by Crippen LogP contribution is -2.25. The van der Waals surface area contributed by atoms with Crippen LogP contribution in [-0.2, 0) is 4.79 Å². The van der Waals surface area contributed by atoms with Crippen LogP contribution in [0.2, 0.25) is 0 Å². The number of amides is 1. The van der Waals surface area contributed by atoms with Gasteiger partial charge in [0.2, 0.25) is 0 Å². The molecule has 0 heterocycles. The van der Waals surface area contributed by atoms with Gasteiger partial charge in [-0.05, 0) is 72.0 Å².